The fraction of sp³-hybridized carbons (Fsp3) is 0.577. The fourth-order valence-electron chi connectivity index (χ4n) is 5.26. The van der Waals surface area contributed by atoms with Crippen LogP contribution in [0.4, 0.5) is 10.1 Å². The molecule has 41 heavy (non-hydrogen) atoms. The lowest BCUT2D eigenvalue weighted by Crippen LogP contribution is -2.55. The lowest BCUT2D eigenvalue weighted by atomic mass is 10.1. The number of nitriles is 1. The smallest absolute Gasteiger partial charge is 0.245 e. The summed E-state index contributed by atoms with van der Waals surface area (Å²) in [6.45, 7) is 8.21. The average Bonchev–Trinajstić information content (AvgIpc) is 3.77. The standard InChI is InChI=1S/C26H30ClFN8O3S2/c1-14(2)23(37)35-10-9-34(11-15(35)3)18-17(28)16(41(38,39)33-25(4)5-6-25)12-36-19(18)20(27)30-21(36)22-31-32-24(40-22)26(13-29)7-8-26/h12,14-15,33H,5-11H2,1-4H3/t15-/m0/s1. The van der Waals surface area contributed by atoms with E-state index in [2.05, 4.69) is 26.0 Å². The minimum Gasteiger partial charge on any atom is -0.364 e. The zero-order valence-electron chi connectivity index (χ0n) is 23.1. The second-order valence-corrected chi connectivity index (χ2v) is 14.8. The molecule has 1 atom stereocenters. The van der Waals surface area contributed by atoms with Gasteiger partial charge >= 0.3 is 0 Å². The number of fused-ring (bicyclic) bond motifs is 1. The van der Waals surface area contributed by atoms with Crippen molar-refractivity contribution in [3.05, 3.63) is 22.2 Å². The van der Waals surface area contributed by atoms with E-state index in [1.54, 1.807) is 16.7 Å². The van der Waals surface area contributed by atoms with Gasteiger partial charge in [0.15, 0.2) is 21.8 Å². The van der Waals surface area contributed by atoms with Crippen molar-refractivity contribution in [1.82, 2.24) is 29.2 Å². The Bertz CT molecular complexity index is 1720. The topological polar surface area (TPSA) is 137 Å². The van der Waals surface area contributed by atoms with Crippen LogP contribution in [0.2, 0.25) is 5.15 Å². The molecule has 0 bridgehead atoms. The third-order valence-electron chi connectivity index (χ3n) is 8.14. The molecule has 0 spiro atoms. The van der Waals surface area contributed by atoms with Crippen molar-refractivity contribution in [3.8, 4) is 16.9 Å². The maximum Gasteiger partial charge on any atom is 0.245 e. The molecule has 1 N–H and O–H groups in total. The molecule has 1 saturated heterocycles. The number of hydrogen-bond donors (Lipinski definition) is 1. The third-order valence-corrected chi connectivity index (χ3v) is 11.2. The Kier molecular flexibility index (Phi) is 6.61. The van der Waals surface area contributed by atoms with Crippen molar-refractivity contribution in [2.45, 2.75) is 75.3 Å². The molecule has 1 amide bonds. The van der Waals surface area contributed by atoms with Gasteiger partial charge in [0, 0.05) is 43.3 Å². The molecule has 3 aliphatic rings. The number of anilines is 1. The maximum atomic E-state index is 16.5. The predicted molar refractivity (Wildman–Crippen MR) is 152 cm³/mol. The van der Waals surface area contributed by atoms with Gasteiger partial charge in [-0.3, -0.25) is 9.20 Å². The molecule has 0 unspecified atom stereocenters. The average molecular weight is 621 g/mol. The molecule has 2 aliphatic carbocycles. The monoisotopic (exact) mass is 620 g/mol. The van der Waals surface area contributed by atoms with E-state index < -0.39 is 31.7 Å². The number of aromatic nitrogens is 4. The fourth-order valence-corrected chi connectivity index (χ4v) is 8.09. The summed E-state index contributed by atoms with van der Waals surface area (Å²) in [5.74, 6) is -0.906. The summed E-state index contributed by atoms with van der Waals surface area (Å²) in [7, 11) is -4.27. The molecule has 6 rings (SSSR count). The number of halogens is 2. The third kappa shape index (κ3) is 4.76. The van der Waals surface area contributed by atoms with Crippen LogP contribution in [0.25, 0.3) is 16.3 Å². The summed E-state index contributed by atoms with van der Waals surface area (Å²) < 4.78 is 47.7. The normalized spacial score (nSPS) is 21.4. The van der Waals surface area contributed by atoms with E-state index in [4.69, 9.17) is 11.6 Å². The van der Waals surface area contributed by atoms with Gasteiger partial charge in [-0.25, -0.2) is 22.5 Å². The second-order valence-electron chi connectivity index (χ2n) is 11.9. The number of nitrogens with one attached hydrogen (secondary N) is 1. The van der Waals surface area contributed by atoms with Crippen molar-refractivity contribution in [2.75, 3.05) is 24.5 Å². The van der Waals surface area contributed by atoms with Crippen LogP contribution in [0.3, 0.4) is 0 Å². The molecule has 4 heterocycles. The number of sulfonamides is 1. The summed E-state index contributed by atoms with van der Waals surface area (Å²) >= 11 is 7.84. The molecular formula is C26H30ClFN8O3S2. The minimum atomic E-state index is -4.27. The Morgan fingerprint density at radius 1 is 1.27 bits per heavy atom. The first kappa shape index (κ1) is 28.3. The Balaban J connectivity index is 1.50. The van der Waals surface area contributed by atoms with Gasteiger partial charge < -0.3 is 9.80 Å². The van der Waals surface area contributed by atoms with Gasteiger partial charge in [0.25, 0.3) is 0 Å². The van der Waals surface area contributed by atoms with Crippen LogP contribution < -0.4 is 9.62 Å². The van der Waals surface area contributed by atoms with Crippen LogP contribution in [-0.4, -0.2) is 70.0 Å². The molecule has 3 aromatic rings. The molecule has 0 aromatic carbocycles. The zero-order valence-corrected chi connectivity index (χ0v) is 25.5. The van der Waals surface area contributed by atoms with Crippen LogP contribution in [0.15, 0.2) is 11.1 Å². The number of nitrogens with zero attached hydrogens (tertiary/aromatic N) is 7. The summed E-state index contributed by atoms with van der Waals surface area (Å²) in [6, 6.07) is 2.04. The van der Waals surface area contributed by atoms with E-state index in [0.29, 0.717) is 42.2 Å². The van der Waals surface area contributed by atoms with E-state index in [1.165, 1.54) is 21.9 Å². The number of piperazine rings is 1. The van der Waals surface area contributed by atoms with Crippen LogP contribution in [0, 0.1) is 23.1 Å². The molecule has 3 fully saturated rings. The quantitative estimate of drug-likeness (QED) is 0.422. The maximum absolute atomic E-state index is 16.5. The highest BCUT2D eigenvalue weighted by atomic mass is 35.5. The predicted octanol–water partition coefficient (Wildman–Crippen LogP) is 3.72. The highest BCUT2D eigenvalue weighted by Gasteiger charge is 2.48. The van der Waals surface area contributed by atoms with Gasteiger partial charge in [0.2, 0.25) is 15.9 Å². The van der Waals surface area contributed by atoms with Crippen molar-refractivity contribution in [1.29, 1.82) is 5.26 Å². The minimum absolute atomic E-state index is 0.00139. The van der Waals surface area contributed by atoms with Crippen molar-refractivity contribution in [2.24, 2.45) is 5.92 Å². The van der Waals surface area contributed by atoms with Gasteiger partial charge in [0.05, 0.1) is 6.07 Å². The first-order valence-electron chi connectivity index (χ1n) is 13.5. The highest BCUT2D eigenvalue weighted by molar-refractivity contribution is 7.89. The van der Waals surface area contributed by atoms with Gasteiger partial charge in [-0.15, -0.1) is 10.2 Å². The van der Waals surface area contributed by atoms with Gasteiger partial charge in [-0.2, -0.15) is 5.26 Å². The van der Waals surface area contributed by atoms with Crippen LogP contribution in [-0.2, 0) is 20.2 Å². The lowest BCUT2D eigenvalue weighted by molar-refractivity contribution is -0.136. The first-order valence-corrected chi connectivity index (χ1v) is 16.2. The van der Waals surface area contributed by atoms with E-state index in [9.17, 15) is 18.5 Å². The van der Waals surface area contributed by atoms with Crippen molar-refractivity contribution >= 4 is 50.1 Å². The Hall–Kier alpha value is -2.86. The summed E-state index contributed by atoms with van der Waals surface area (Å²) in [5.41, 5.74) is -1.09. The number of rotatable bonds is 7. The Morgan fingerprint density at radius 2 is 1.98 bits per heavy atom. The number of imidazole rings is 1. The zero-order chi connectivity index (χ0) is 29.5. The molecule has 15 heteroatoms. The molecule has 218 valence electrons. The van der Waals surface area contributed by atoms with E-state index in [1.807, 2.05) is 20.8 Å². The van der Waals surface area contributed by atoms with Crippen molar-refractivity contribution < 1.29 is 17.6 Å². The van der Waals surface area contributed by atoms with Crippen LogP contribution in [0.5, 0.6) is 0 Å². The van der Waals surface area contributed by atoms with E-state index in [0.717, 1.165) is 0 Å². The first-order chi connectivity index (χ1) is 19.3. The summed E-state index contributed by atoms with van der Waals surface area (Å²) in [6.07, 6.45) is 3.88. The molecular weight excluding hydrogens is 591 g/mol. The van der Waals surface area contributed by atoms with E-state index >= 15 is 4.39 Å². The SMILES string of the molecule is CC(C)C(=O)N1CCN(c2c(F)c(S(=O)(=O)NC3(C)CC3)cn3c(-c4nnc(C5(C#N)CC5)s4)nc(Cl)c23)C[C@@H]1C. The van der Waals surface area contributed by atoms with Crippen molar-refractivity contribution in [3.63, 3.8) is 0 Å². The molecule has 1 aliphatic heterocycles. The lowest BCUT2D eigenvalue weighted by Gasteiger charge is -2.42. The second kappa shape index (κ2) is 9.58. The number of carbonyl (C=O) groups excluding carboxylic acids is 1. The highest BCUT2D eigenvalue weighted by Crippen LogP contribution is 2.49. The van der Waals surface area contributed by atoms with Gasteiger partial charge in [0.1, 0.15) is 26.5 Å². The number of carbonyl (C=O) groups is 1. The molecule has 11 nitrogen and oxygen atoms in total. The molecule has 3 aromatic heterocycles. The number of amides is 1. The van der Waals surface area contributed by atoms with Crippen LogP contribution >= 0.6 is 22.9 Å². The molecule has 0 radical (unpaired) electrons. The summed E-state index contributed by atoms with van der Waals surface area (Å²) in [5, 5.41) is 18.9. The molecule has 2 saturated carbocycles. The van der Waals surface area contributed by atoms with Crippen LogP contribution in [0.1, 0.15) is 58.4 Å². The van der Waals surface area contributed by atoms with E-state index in [-0.39, 0.29) is 53.1 Å². The number of pyridine rings is 1. The van der Waals surface area contributed by atoms with Gasteiger partial charge in [-0.1, -0.05) is 36.8 Å². The Labute approximate surface area is 246 Å². The van der Waals surface area contributed by atoms with Gasteiger partial charge in [-0.05, 0) is 39.5 Å². The number of hydrogen-bond acceptors (Lipinski definition) is 9. The largest absolute Gasteiger partial charge is 0.364 e. The summed E-state index contributed by atoms with van der Waals surface area (Å²) in [4.78, 5) is 20.2. The Morgan fingerprint density at radius 3 is 2.56 bits per heavy atom.